The Morgan fingerprint density at radius 2 is 1.51 bits per heavy atom. The van der Waals surface area contributed by atoms with Gasteiger partial charge in [-0.2, -0.15) is 0 Å². The van der Waals surface area contributed by atoms with Crippen LogP contribution in [-0.4, -0.2) is 46.7 Å². The molecule has 3 N–H and O–H groups in total. The van der Waals surface area contributed by atoms with Gasteiger partial charge in [0.15, 0.2) is 8.32 Å². The third-order valence-corrected chi connectivity index (χ3v) is 13.5. The van der Waals surface area contributed by atoms with Crippen LogP contribution in [0, 0.1) is 11.7 Å². The first-order valence-corrected chi connectivity index (χ1v) is 18.3. The number of hydrogen-bond donors (Lipinski definition) is 3. The van der Waals surface area contributed by atoms with Gasteiger partial charge in [0, 0.05) is 23.4 Å². The minimum Gasteiger partial charge on any atom is -0.417 e. The van der Waals surface area contributed by atoms with Gasteiger partial charge in [0.25, 0.3) is 5.91 Å². The van der Waals surface area contributed by atoms with E-state index in [9.17, 15) is 22.4 Å². The highest BCUT2D eigenvalue weighted by atomic mass is 32.2. The van der Waals surface area contributed by atoms with Crippen LogP contribution in [0.1, 0.15) is 71.7 Å². The van der Waals surface area contributed by atoms with E-state index in [1.807, 2.05) is 27.7 Å². The third-order valence-electron chi connectivity index (χ3n) is 7.27. The van der Waals surface area contributed by atoms with Crippen LogP contribution in [0.2, 0.25) is 18.1 Å². The molecule has 8 nitrogen and oxygen atoms in total. The second-order valence-corrected chi connectivity index (χ2v) is 19.5. The summed E-state index contributed by atoms with van der Waals surface area (Å²) in [6, 6.07) is 10.1. The Labute approximate surface area is 246 Å². The summed E-state index contributed by atoms with van der Waals surface area (Å²) in [4.78, 5) is 25.8. The van der Waals surface area contributed by atoms with E-state index in [1.54, 1.807) is 0 Å². The van der Waals surface area contributed by atoms with Gasteiger partial charge in [0.1, 0.15) is 11.9 Å². The Morgan fingerprint density at radius 1 is 0.951 bits per heavy atom. The van der Waals surface area contributed by atoms with Crippen LogP contribution in [0.25, 0.3) is 0 Å². The zero-order chi connectivity index (χ0) is 31.2. The quantitative estimate of drug-likeness (QED) is 0.239. The van der Waals surface area contributed by atoms with Crippen LogP contribution in [0.3, 0.4) is 0 Å². The van der Waals surface area contributed by atoms with E-state index in [2.05, 4.69) is 49.2 Å². The van der Waals surface area contributed by atoms with Crippen LogP contribution >= 0.6 is 0 Å². The van der Waals surface area contributed by atoms with Crippen molar-refractivity contribution in [3.8, 4) is 0 Å². The molecule has 11 heteroatoms. The summed E-state index contributed by atoms with van der Waals surface area (Å²) in [6.45, 7) is 18.8. The lowest BCUT2D eigenvalue weighted by atomic mass is 10.0. The molecule has 2 aromatic carbocycles. The second kappa shape index (κ2) is 13.6. The lowest BCUT2D eigenvalue weighted by Gasteiger charge is -2.37. The molecular weight excluding hydrogens is 561 g/mol. The smallest absolute Gasteiger partial charge is 0.251 e. The molecular formula is C30H46FN3O5SSi. The largest absolute Gasteiger partial charge is 0.417 e. The maximum Gasteiger partial charge on any atom is 0.251 e. The molecule has 0 aliphatic heterocycles. The lowest BCUT2D eigenvalue weighted by Crippen LogP contribution is -2.46. The first-order valence-electron chi connectivity index (χ1n) is 13.9. The van der Waals surface area contributed by atoms with Crippen LogP contribution in [0.5, 0.6) is 0 Å². The van der Waals surface area contributed by atoms with Crippen molar-refractivity contribution in [2.45, 2.75) is 95.9 Å². The molecule has 0 heterocycles. The Balaban J connectivity index is 2.05. The van der Waals surface area contributed by atoms with Gasteiger partial charge in [0.05, 0.1) is 4.90 Å². The highest BCUT2D eigenvalue weighted by Gasteiger charge is 2.37. The maximum absolute atomic E-state index is 13.2. The Hall–Kier alpha value is -2.60. The molecule has 0 saturated carbocycles. The number of rotatable bonds is 13. The minimum absolute atomic E-state index is 0.0663. The van der Waals surface area contributed by atoms with E-state index in [4.69, 9.17) is 4.43 Å². The first kappa shape index (κ1) is 34.6. The summed E-state index contributed by atoms with van der Waals surface area (Å²) < 4.78 is 48.4. The van der Waals surface area contributed by atoms with Crippen molar-refractivity contribution in [3.63, 3.8) is 0 Å². The SMILES string of the molecule is CC(C)CC(NC(=O)c1ccc(F)cc1)C(=O)Nc1ccc(S(=O)(=O)NC(C)(C)CCO[Si](C)(C)C(C)(C)C)cc1. The predicted molar refractivity (Wildman–Crippen MR) is 164 cm³/mol. The second-order valence-electron chi connectivity index (χ2n) is 13.0. The number of anilines is 1. The van der Waals surface area contributed by atoms with Crippen LogP contribution < -0.4 is 15.4 Å². The number of carbonyl (C=O) groups excluding carboxylic acids is 2. The number of nitrogens with one attached hydrogen (secondary N) is 3. The summed E-state index contributed by atoms with van der Waals surface area (Å²) in [5, 5.41) is 5.53. The van der Waals surface area contributed by atoms with E-state index < -0.39 is 47.6 Å². The number of amides is 2. The van der Waals surface area contributed by atoms with Crippen molar-refractivity contribution in [1.82, 2.24) is 10.0 Å². The molecule has 2 rings (SSSR count). The average molecular weight is 608 g/mol. The normalized spacial score (nSPS) is 13.6. The number of halogens is 1. The van der Waals surface area contributed by atoms with E-state index in [1.165, 1.54) is 48.5 Å². The lowest BCUT2D eigenvalue weighted by molar-refractivity contribution is -0.118. The standard InChI is InChI=1S/C30H46FN3O5SSi/c1-21(2)20-26(33-27(35)22-10-12-23(31)13-11-22)28(36)32-24-14-16-25(17-15-24)40(37,38)34-30(6,7)18-19-39-41(8,9)29(3,4)5/h10-17,21,26,34H,18-20H2,1-9H3,(H,32,36)(H,33,35). The van der Waals surface area contributed by atoms with Gasteiger partial charge in [-0.25, -0.2) is 17.5 Å². The number of benzene rings is 2. The molecule has 41 heavy (non-hydrogen) atoms. The fraction of sp³-hybridized carbons (Fsp3) is 0.533. The average Bonchev–Trinajstić information content (AvgIpc) is 2.82. The highest BCUT2D eigenvalue weighted by molar-refractivity contribution is 7.89. The van der Waals surface area contributed by atoms with Gasteiger partial charge in [-0.05, 0) is 99.3 Å². The van der Waals surface area contributed by atoms with E-state index in [-0.39, 0.29) is 21.4 Å². The Morgan fingerprint density at radius 3 is 2.02 bits per heavy atom. The van der Waals surface area contributed by atoms with Crippen molar-refractivity contribution in [1.29, 1.82) is 0 Å². The van der Waals surface area contributed by atoms with Gasteiger partial charge in [-0.3, -0.25) is 9.59 Å². The molecule has 0 saturated heterocycles. The molecule has 0 spiro atoms. The van der Waals surface area contributed by atoms with Gasteiger partial charge in [0.2, 0.25) is 15.9 Å². The zero-order valence-corrected chi connectivity index (χ0v) is 27.5. The molecule has 1 atom stereocenters. The van der Waals surface area contributed by atoms with Crippen molar-refractivity contribution in [3.05, 3.63) is 59.9 Å². The molecule has 0 fully saturated rings. The molecule has 0 bridgehead atoms. The van der Waals surface area contributed by atoms with E-state index in [0.717, 1.165) is 0 Å². The fourth-order valence-corrected chi connectivity index (χ4v) is 6.23. The van der Waals surface area contributed by atoms with Gasteiger partial charge >= 0.3 is 0 Å². The number of sulfonamides is 1. The summed E-state index contributed by atoms with van der Waals surface area (Å²) in [7, 11) is -5.77. The Kier molecular flexibility index (Phi) is 11.5. The molecule has 2 aromatic rings. The fourth-order valence-electron chi connectivity index (χ4n) is 3.74. The van der Waals surface area contributed by atoms with Crippen molar-refractivity contribution >= 4 is 35.8 Å². The van der Waals surface area contributed by atoms with Crippen LogP contribution in [0.15, 0.2) is 53.4 Å². The third kappa shape index (κ3) is 10.6. The highest BCUT2D eigenvalue weighted by Crippen LogP contribution is 2.36. The first-order chi connectivity index (χ1) is 18.7. The molecule has 0 aliphatic rings. The monoisotopic (exact) mass is 607 g/mol. The summed E-state index contributed by atoms with van der Waals surface area (Å²) >= 11 is 0. The number of carbonyl (C=O) groups is 2. The van der Waals surface area contributed by atoms with Crippen molar-refractivity contribution in [2.24, 2.45) is 5.92 Å². The van der Waals surface area contributed by atoms with E-state index in [0.29, 0.717) is 25.1 Å². The maximum atomic E-state index is 13.2. The topological polar surface area (TPSA) is 114 Å². The summed E-state index contributed by atoms with van der Waals surface area (Å²) in [5.74, 6) is -1.28. The number of hydrogen-bond acceptors (Lipinski definition) is 5. The zero-order valence-electron chi connectivity index (χ0n) is 25.7. The van der Waals surface area contributed by atoms with E-state index >= 15 is 0 Å². The van der Waals surface area contributed by atoms with Gasteiger partial charge in [-0.1, -0.05) is 34.6 Å². The molecule has 2 amide bonds. The minimum atomic E-state index is -3.83. The van der Waals surface area contributed by atoms with Gasteiger partial charge < -0.3 is 15.1 Å². The molecule has 0 aliphatic carbocycles. The van der Waals surface area contributed by atoms with Gasteiger partial charge in [-0.15, -0.1) is 0 Å². The molecule has 1 unspecified atom stereocenters. The van der Waals surface area contributed by atoms with Crippen LogP contribution in [-0.2, 0) is 19.2 Å². The summed E-state index contributed by atoms with van der Waals surface area (Å²) in [5.41, 5.74) is -0.105. The van der Waals surface area contributed by atoms with Crippen molar-refractivity contribution < 1.29 is 26.8 Å². The molecule has 228 valence electrons. The summed E-state index contributed by atoms with van der Waals surface area (Å²) in [6.07, 6.45) is 0.886. The van der Waals surface area contributed by atoms with Crippen molar-refractivity contribution in [2.75, 3.05) is 11.9 Å². The Bertz CT molecular complexity index is 1290. The predicted octanol–water partition coefficient (Wildman–Crippen LogP) is 6.08. The molecule has 0 radical (unpaired) electrons. The van der Waals surface area contributed by atoms with Crippen LogP contribution in [0.4, 0.5) is 10.1 Å². The molecule has 0 aromatic heterocycles.